The van der Waals surface area contributed by atoms with Crippen LogP contribution in [0.4, 0.5) is 43.9 Å². The number of benzene rings is 1. The first-order valence-electron chi connectivity index (χ1n) is 11.9. The molecule has 0 unspecified atom stereocenters. The van der Waals surface area contributed by atoms with Crippen LogP contribution in [0.3, 0.4) is 0 Å². The summed E-state index contributed by atoms with van der Waals surface area (Å²) in [5.41, 5.74) is -4.16. The molecular formula is C25H28F10N2O. The van der Waals surface area contributed by atoms with Gasteiger partial charge in [0.2, 0.25) is 0 Å². The summed E-state index contributed by atoms with van der Waals surface area (Å²) in [6.07, 6.45) is -13.2. The van der Waals surface area contributed by atoms with Crippen molar-refractivity contribution in [2.24, 2.45) is 5.92 Å². The van der Waals surface area contributed by atoms with E-state index in [2.05, 4.69) is 16.6 Å². The van der Waals surface area contributed by atoms with Crippen molar-refractivity contribution in [1.29, 1.82) is 0 Å². The predicted octanol–water partition coefficient (Wildman–Crippen LogP) is 7.45. The Kier molecular flexibility index (Phi) is 8.69. The quantitative estimate of drug-likeness (QED) is 0.250. The molecule has 2 aliphatic carbocycles. The Hall–Kier alpha value is -2.44. The van der Waals surface area contributed by atoms with Crippen LogP contribution in [0.1, 0.15) is 49.7 Å². The molecule has 0 atom stereocenters. The van der Waals surface area contributed by atoms with E-state index in [1.807, 2.05) is 0 Å². The van der Waals surface area contributed by atoms with Crippen molar-refractivity contribution >= 4 is 5.70 Å². The van der Waals surface area contributed by atoms with Gasteiger partial charge in [-0.1, -0.05) is 6.58 Å². The third-order valence-corrected chi connectivity index (χ3v) is 7.05. The van der Waals surface area contributed by atoms with E-state index in [1.54, 1.807) is 0 Å². The highest BCUT2D eigenvalue weighted by Gasteiger charge is 2.73. The molecule has 3 rings (SSSR count). The molecule has 2 aliphatic rings. The summed E-state index contributed by atoms with van der Waals surface area (Å²) >= 11 is 0. The number of hydrogen-bond acceptors (Lipinski definition) is 3. The summed E-state index contributed by atoms with van der Waals surface area (Å²) in [4.78, 5) is 0.997. The molecule has 13 heteroatoms. The second-order valence-electron chi connectivity index (χ2n) is 9.78. The van der Waals surface area contributed by atoms with E-state index in [-0.39, 0.29) is 17.7 Å². The summed E-state index contributed by atoms with van der Waals surface area (Å²) in [5.74, 6) is -1.04. The average Bonchev–Trinajstić information content (AvgIpc) is 3.62. The van der Waals surface area contributed by atoms with E-state index in [9.17, 15) is 43.9 Å². The highest BCUT2D eigenvalue weighted by molar-refractivity contribution is 5.70. The van der Waals surface area contributed by atoms with Crippen molar-refractivity contribution in [3.63, 3.8) is 0 Å². The van der Waals surface area contributed by atoms with Gasteiger partial charge < -0.3 is 10.1 Å². The van der Waals surface area contributed by atoms with E-state index >= 15 is 0 Å². The van der Waals surface area contributed by atoms with Crippen molar-refractivity contribution in [3.05, 3.63) is 53.6 Å². The first-order chi connectivity index (χ1) is 17.5. The number of alkyl halides is 9. The van der Waals surface area contributed by atoms with Crippen LogP contribution < -0.4 is 5.32 Å². The second kappa shape index (κ2) is 11.0. The topological polar surface area (TPSA) is 24.5 Å². The summed E-state index contributed by atoms with van der Waals surface area (Å²) < 4.78 is 139. The number of hydrogen-bond donors (Lipinski definition) is 1. The number of allylic oxidation sites excluding steroid dienone is 1. The maximum Gasteiger partial charge on any atom is 0.438 e. The SMILES string of the molecule is C=COC(CN(C)C1CCC(CNC(=C2CC2)c2cc(F)cc(C(F)(F)F)c2)CC1)(C(F)(F)F)C(F)(F)F. The Balaban J connectivity index is 1.63. The standard InChI is InChI=1S/C25H28F10N2O/c1-3-38-22(24(30,31)32,25(33,34)35)14-37(2)20-8-4-15(5-9-20)13-36-21(16-6-7-16)17-10-18(23(27,28)29)12-19(26)11-17/h3,10-12,15,20,36H,1,4-9,13-14H2,2H3. The molecule has 1 aromatic carbocycles. The van der Waals surface area contributed by atoms with Gasteiger partial charge in [0.15, 0.2) is 0 Å². The molecule has 2 fully saturated rings. The van der Waals surface area contributed by atoms with Gasteiger partial charge in [-0.15, -0.1) is 0 Å². The van der Waals surface area contributed by atoms with Crippen molar-refractivity contribution < 1.29 is 48.6 Å². The third-order valence-electron chi connectivity index (χ3n) is 7.05. The average molecular weight is 562 g/mol. The summed E-state index contributed by atoms with van der Waals surface area (Å²) in [6.45, 7) is 1.73. The maximum atomic E-state index is 13.9. The maximum absolute atomic E-state index is 13.9. The fraction of sp³-hybridized carbons (Fsp3) is 0.600. The lowest BCUT2D eigenvalue weighted by molar-refractivity contribution is -0.371. The fourth-order valence-corrected chi connectivity index (χ4v) is 4.81. The molecule has 0 heterocycles. The normalized spacial score (nSPS) is 20.9. The molecule has 0 spiro atoms. The van der Waals surface area contributed by atoms with Crippen LogP contribution in [0.15, 0.2) is 36.6 Å². The molecule has 0 radical (unpaired) electrons. The minimum absolute atomic E-state index is 0.0240. The minimum atomic E-state index is -5.73. The van der Waals surface area contributed by atoms with Crippen LogP contribution in [0, 0.1) is 11.7 Å². The van der Waals surface area contributed by atoms with Crippen LogP contribution in [0.2, 0.25) is 0 Å². The van der Waals surface area contributed by atoms with E-state index in [4.69, 9.17) is 0 Å². The Bertz CT molecular complexity index is 1000. The summed E-state index contributed by atoms with van der Waals surface area (Å²) in [7, 11) is 1.18. The highest BCUT2D eigenvalue weighted by atomic mass is 19.4. The monoisotopic (exact) mass is 562 g/mol. The van der Waals surface area contributed by atoms with Gasteiger partial charge in [0.05, 0.1) is 18.4 Å². The van der Waals surface area contributed by atoms with Crippen LogP contribution in [-0.4, -0.2) is 49.0 Å². The largest absolute Gasteiger partial charge is 0.476 e. The summed E-state index contributed by atoms with van der Waals surface area (Å²) in [5, 5.41) is 3.12. The van der Waals surface area contributed by atoms with Crippen molar-refractivity contribution in [1.82, 2.24) is 10.2 Å². The van der Waals surface area contributed by atoms with E-state index in [1.165, 1.54) is 7.05 Å². The lowest BCUT2D eigenvalue weighted by Gasteiger charge is -2.42. The Labute approximate surface area is 213 Å². The first kappa shape index (κ1) is 30.1. The molecule has 2 saturated carbocycles. The number of nitrogens with zero attached hydrogens (tertiary/aromatic N) is 1. The van der Waals surface area contributed by atoms with Gasteiger partial charge in [-0.05, 0) is 75.3 Å². The number of nitrogens with one attached hydrogen (secondary N) is 1. The van der Waals surface area contributed by atoms with Crippen molar-refractivity contribution in [3.8, 4) is 0 Å². The molecular weight excluding hydrogens is 534 g/mol. The zero-order valence-corrected chi connectivity index (χ0v) is 20.5. The Morgan fingerprint density at radius 2 is 1.55 bits per heavy atom. The molecule has 38 heavy (non-hydrogen) atoms. The third kappa shape index (κ3) is 6.76. The molecule has 3 nitrogen and oxygen atoms in total. The molecule has 0 aromatic heterocycles. The Morgan fingerprint density at radius 3 is 2.03 bits per heavy atom. The lowest BCUT2D eigenvalue weighted by atomic mass is 9.84. The van der Waals surface area contributed by atoms with E-state index in [0.717, 1.165) is 22.6 Å². The van der Waals surface area contributed by atoms with Crippen LogP contribution in [0.5, 0.6) is 0 Å². The minimum Gasteiger partial charge on any atom is -0.476 e. The van der Waals surface area contributed by atoms with Gasteiger partial charge in [-0.2, -0.15) is 39.5 Å². The van der Waals surface area contributed by atoms with Gasteiger partial charge in [0, 0.05) is 23.8 Å². The fourth-order valence-electron chi connectivity index (χ4n) is 4.81. The molecule has 0 aliphatic heterocycles. The molecule has 0 saturated heterocycles. The molecule has 1 N–H and O–H groups in total. The van der Waals surface area contributed by atoms with Crippen LogP contribution in [0.25, 0.3) is 5.70 Å². The van der Waals surface area contributed by atoms with Crippen LogP contribution >= 0.6 is 0 Å². The number of halogens is 10. The zero-order chi connectivity index (χ0) is 28.5. The summed E-state index contributed by atoms with van der Waals surface area (Å²) in [6, 6.07) is 1.75. The van der Waals surface area contributed by atoms with Gasteiger partial charge in [0.25, 0.3) is 0 Å². The number of rotatable bonds is 9. The van der Waals surface area contributed by atoms with Crippen molar-refractivity contribution in [2.45, 2.75) is 68.7 Å². The highest BCUT2D eigenvalue weighted by Crippen LogP contribution is 2.47. The van der Waals surface area contributed by atoms with Gasteiger partial charge in [-0.25, -0.2) is 4.39 Å². The van der Waals surface area contributed by atoms with Crippen LogP contribution in [-0.2, 0) is 10.9 Å². The molecule has 0 amide bonds. The van der Waals surface area contributed by atoms with E-state index in [0.29, 0.717) is 56.8 Å². The first-order valence-corrected chi connectivity index (χ1v) is 11.9. The van der Waals surface area contributed by atoms with Gasteiger partial charge in [0.1, 0.15) is 5.82 Å². The predicted molar refractivity (Wildman–Crippen MR) is 120 cm³/mol. The zero-order valence-electron chi connectivity index (χ0n) is 20.5. The Morgan fingerprint density at radius 1 is 0.974 bits per heavy atom. The van der Waals surface area contributed by atoms with E-state index < -0.39 is 48.1 Å². The molecule has 0 bridgehead atoms. The smallest absolute Gasteiger partial charge is 0.438 e. The van der Waals surface area contributed by atoms with Gasteiger partial charge >= 0.3 is 24.1 Å². The van der Waals surface area contributed by atoms with Crippen molar-refractivity contribution in [2.75, 3.05) is 20.1 Å². The molecule has 1 aromatic rings. The van der Waals surface area contributed by atoms with Gasteiger partial charge in [-0.3, -0.25) is 4.90 Å². The number of likely N-dealkylation sites (N-methyl/N-ethyl adjacent to an activating group) is 1. The lowest BCUT2D eigenvalue weighted by Crippen LogP contribution is -2.64. The molecule has 214 valence electrons. The number of ether oxygens (including phenoxy) is 1. The second-order valence-corrected chi connectivity index (χ2v) is 9.78.